The molecular weight excluding hydrogens is 566 g/mol. The van der Waals surface area contributed by atoms with Crippen molar-refractivity contribution in [1.29, 1.82) is 5.41 Å². The van der Waals surface area contributed by atoms with Gasteiger partial charge in [-0.05, 0) is 17.7 Å². The van der Waals surface area contributed by atoms with Crippen molar-refractivity contribution in [1.82, 2.24) is 20.5 Å². The standard InChI is InChI=1S/C24H25N5O9S2/c1-11(30)37-8-13-9-39-21-17(20(32)29(21)18(13)22(33)34)27-19(31)16(15-10-40-23(25)26-15)28-24(35)38-7-12-3-5-14(36-2)6-4-12/h3-6,10,16-17,21H,7-9H2,1-2H3,(H2,25,26)(H,27,31)(H,28,35)(H,33,34)/t16?,17-,21?/m1/s1. The summed E-state index contributed by atoms with van der Waals surface area (Å²) >= 11 is 2.20. The highest BCUT2D eigenvalue weighted by Gasteiger charge is 2.54. The van der Waals surface area contributed by atoms with Crippen LogP contribution in [0.25, 0.3) is 0 Å². The minimum Gasteiger partial charge on any atom is -0.497 e. The van der Waals surface area contributed by atoms with Gasteiger partial charge in [0.2, 0.25) is 5.91 Å². The molecule has 0 spiro atoms. The van der Waals surface area contributed by atoms with E-state index in [1.54, 1.807) is 24.3 Å². The minimum absolute atomic E-state index is 0.0338. The van der Waals surface area contributed by atoms with E-state index in [2.05, 4.69) is 15.6 Å². The first kappa shape index (κ1) is 28.7. The third-order valence-electron chi connectivity index (χ3n) is 5.92. The largest absolute Gasteiger partial charge is 0.497 e. The second-order valence-electron chi connectivity index (χ2n) is 8.58. The predicted octanol–water partition coefficient (Wildman–Crippen LogP) is 0.833. The van der Waals surface area contributed by atoms with E-state index < -0.39 is 47.3 Å². The molecule has 4 rings (SSSR count). The first-order chi connectivity index (χ1) is 19.1. The number of fused-ring (bicyclic) bond motifs is 1. The van der Waals surface area contributed by atoms with Gasteiger partial charge in [0.25, 0.3) is 5.91 Å². The Balaban J connectivity index is 1.44. The van der Waals surface area contributed by atoms with Gasteiger partial charge in [0.05, 0.1) is 12.8 Å². The number of nitrogens with zero attached hydrogens (tertiary/aromatic N) is 1. The summed E-state index contributed by atoms with van der Waals surface area (Å²) in [5.74, 6) is -2.58. The number of esters is 1. The van der Waals surface area contributed by atoms with Crippen molar-refractivity contribution in [3.05, 3.63) is 57.0 Å². The SMILES string of the molecule is COc1ccc(COC(=O)NC(C(=O)N[C@@H]2C(=O)N3C(C(=O)O)=C(COC(C)=O)CSC23)c2csc(=N)[nH]2)cc1. The molecule has 3 amide bonds. The molecule has 0 radical (unpaired) electrons. The van der Waals surface area contributed by atoms with Crippen LogP contribution in [-0.4, -0.2) is 75.7 Å². The molecule has 3 atom stereocenters. The van der Waals surface area contributed by atoms with Crippen molar-refractivity contribution in [3.8, 4) is 5.75 Å². The number of thiazole rings is 1. The summed E-state index contributed by atoms with van der Waals surface area (Å²) in [7, 11) is 1.53. The molecule has 1 saturated heterocycles. The van der Waals surface area contributed by atoms with Crippen LogP contribution < -0.4 is 20.2 Å². The maximum Gasteiger partial charge on any atom is 0.408 e. The summed E-state index contributed by atoms with van der Waals surface area (Å²) in [6.07, 6.45) is -0.915. The number of nitrogens with one attached hydrogen (secondary N) is 4. The number of carbonyl (C=O) groups is 5. The van der Waals surface area contributed by atoms with Gasteiger partial charge in [0.15, 0.2) is 10.8 Å². The number of aliphatic carboxylic acids is 1. The maximum absolute atomic E-state index is 13.3. The molecule has 0 aliphatic carbocycles. The fourth-order valence-corrected chi connectivity index (χ4v) is 5.93. The Morgan fingerprint density at radius 2 is 1.93 bits per heavy atom. The van der Waals surface area contributed by atoms with E-state index in [9.17, 15) is 29.1 Å². The third kappa shape index (κ3) is 6.28. The van der Waals surface area contributed by atoms with Crippen molar-refractivity contribution < 1.29 is 43.3 Å². The van der Waals surface area contributed by atoms with E-state index in [4.69, 9.17) is 19.6 Å². The quantitative estimate of drug-likeness (QED) is 0.195. The summed E-state index contributed by atoms with van der Waals surface area (Å²) in [5.41, 5.74) is 0.848. The zero-order chi connectivity index (χ0) is 29.0. The predicted molar refractivity (Wildman–Crippen MR) is 140 cm³/mol. The first-order valence-corrected chi connectivity index (χ1v) is 13.6. The fourth-order valence-electron chi connectivity index (χ4n) is 3.99. The van der Waals surface area contributed by atoms with Gasteiger partial charge in [-0.25, -0.2) is 9.59 Å². The third-order valence-corrected chi connectivity index (χ3v) is 7.97. The van der Waals surface area contributed by atoms with Gasteiger partial charge in [-0.2, -0.15) is 0 Å². The molecule has 5 N–H and O–H groups in total. The average Bonchev–Trinajstić information content (AvgIpc) is 3.37. The maximum atomic E-state index is 13.3. The Labute approximate surface area is 235 Å². The highest BCUT2D eigenvalue weighted by atomic mass is 32.2. The number of aromatic amines is 1. The number of thioether (sulfide) groups is 1. The summed E-state index contributed by atoms with van der Waals surface area (Å²) < 4.78 is 15.3. The number of carbonyl (C=O) groups excluding carboxylic acids is 4. The Kier molecular flexibility index (Phi) is 8.79. The molecule has 3 heterocycles. The van der Waals surface area contributed by atoms with Crippen molar-refractivity contribution in [2.24, 2.45) is 0 Å². The summed E-state index contributed by atoms with van der Waals surface area (Å²) in [6, 6.07) is 4.43. The van der Waals surface area contributed by atoms with Crippen LogP contribution in [0.1, 0.15) is 24.2 Å². The van der Waals surface area contributed by atoms with Gasteiger partial charge in [-0.3, -0.25) is 24.7 Å². The molecule has 0 saturated carbocycles. The molecule has 212 valence electrons. The molecule has 1 aromatic carbocycles. The van der Waals surface area contributed by atoms with E-state index in [1.165, 1.54) is 31.2 Å². The highest BCUT2D eigenvalue weighted by Crippen LogP contribution is 2.40. The molecule has 0 bridgehead atoms. The lowest BCUT2D eigenvalue weighted by Gasteiger charge is -2.49. The number of aromatic nitrogens is 1. The number of benzene rings is 1. The molecule has 14 nitrogen and oxygen atoms in total. The van der Waals surface area contributed by atoms with Crippen LogP contribution in [0.5, 0.6) is 5.75 Å². The number of carboxylic acids is 1. The van der Waals surface area contributed by atoms with Crippen molar-refractivity contribution >= 4 is 52.9 Å². The lowest BCUT2D eigenvalue weighted by molar-refractivity contribution is -0.151. The number of β-lactam (4-membered cyclic amide) rings is 1. The van der Waals surface area contributed by atoms with E-state index in [-0.39, 0.29) is 40.7 Å². The van der Waals surface area contributed by atoms with Gasteiger partial charge >= 0.3 is 18.0 Å². The van der Waals surface area contributed by atoms with Gasteiger partial charge in [0.1, 0.15) is 36.1 Å². The van der Waals surface area contributed by atoms with Crippen LogP contribution in [0, 0.1) is 5.41 Å². The summed E-state index contributed by atoms with van der Waals surface area (Å²) in [5, 5.41) is 23.3. The van der Waals surface area contributed by atoms with Crippen molar-refractivity contribution in [2.45, 2.75) is 31.0 Å². The van der Waals surface area contributed by atoms with Crippen LogP contribution in [-0.2, 0) is 35.3 Å². The van der Waals surface area contributed by atoms with Crippen molar-refractivity contribution in [2.75, 3.05) is 19.5 Å². The molecule has 2 aromatic rings. The van der Waals surface area contributed by atoms with Crippen LogP contribution in [0.3, 0.4) is 0 Å². The molecule has 2 aliphatic heterocycles. The molecule has 16 heteroatoms. The molecule has 2 aliphatic rings. The number of hydrogen-bond acceptors (Lipinski definition) is 11. The normalized spacial score (nSPS) is 18.6. The lowest BCUT2D eigenvalue weighted by atomic mass is 10.0. The number of amides is 3. The first-order valence-electron chi connectivity index (χ1n) is 11.7. The van der Waals surface area contributed by atoms with E-state index in [0.29, 0.717) is 11.3 Å². The van der Waals surface area contributed by atoms with Crippen molar-refractivity contribution in [3.63, 3.8) is 0 Å². The van der Waals surface area contributed by atoms with Crippen LogP contribution in [0.15, 0.2) is 40.9 Å². The Hall–Kier alpha value is -4.31. The minimum atomic E-state index is -1.36. The van der Waals surface area contributed by atoms with Gasteiger partial charge < -0.3 is 34.9 Å². The Bertz CT molecular complexity index is 1420. The number of alkyl carbamates (subject to hydrolysis) is 1. The second-order valence-corrected chi connectivity index (χ2v) is 10.6. The lowest BCUT2D eigenvalue weighted by Crippen LogP contribution is -2.71. The van der Waals surface area contributed by atoms with Crippen LogP contribution in [0.2, 0.25) is 0 Å². The number of rotatable bonds is 10. The smallest absolute Gasteiger partial charge is 0.408 e. The van der Waals surface area contributed by atoms with E-state index in [1.807, 2.05) is 0 Å². The monoisotopic (exact) mass is 591 g/mol. The highest BCUT2D eigenvalue weighted by molar-refractivity contribution is 8.00. The zero-order valence-corrected chi connectivity index (χ0v) is 22.9. The number of ether oxygens (including phenoxy) is 3. The fraction of sp³-hybridized carbons (Fsp3) is 0.333. The molecular formula is C24H25N5O9S2. The Morgan fingerprint density at radius 1 is 1.20 bits per heavy atom. The van der Waals surface area contributed by atoms with Crippen LogP contribution >= 0.6 is 23.1 Å². The molecule has 1 fully saturated rings. The second kappa shape index (κ2) is 12.3. The van der Waals surface area contributed by atoms with Gasteiger partial charge in [-0.15, -0.1) is 23.1 Å². The Morgan fingerprint density at radius 3 is 2.52 bits per heavy atom. The van der Waals surface area contributed by atoms with E-state index in [0.717, 1.165) is 16.2 Å². The number of carboxylic acid groups (broad SMARTS) is 1. The number of hydrogen-bond donors (Lipinski definition) is 5. The van der Waals surface area contributed by atoms with Gasteiger partial charge in [0, 0.05) is 23.6 Å². The summed E-state index contributed by atoms with van der Waals surface area (Å²) in [6.45, 7) is 0.829. The molecule has 2 unspecified atom stereocenters. The number of H-pyrrole nitrogens is 1. The topological polar surface area (TPSA) is 200 Å². The molecule has 1 aromatic heterocycles. The van der Waals surface area contributed by atoms with Gasteiger partial charge in [-0.1, -0.05) is 12.1 Å². The average molecular weight is 592 g/mol. The zero-order valence-electron chi connectivity index (χ0n) is 21.2. The van der Waals surface area contributed by atoms with Crippen LogP contribution in [0.4, 0.5) is 4.79 Å². The molecule has 40 heavy (non-hydrogen) atoms. The number of methoxy groups -OCH3 is 1. The van der Waals surface area contributed by atoms with E-state index >= 15 is 0 Å². The summed E-state index contributed by atoms with van der Waals surface area (Å²) in [4.78, 5) is 65.7.